The minimum atomic E-state index is -0.510. The number of Topliss-reactive ketones (excluding diaryl/α,β-unsaturated/α-hetero) is 1. The molecule has 0 saturated carbocycles. The lowest BCUT2D eigenvalue weighted by Crippen LogP contribution is -2.36. The average Bonchev–Trinajstić information content (AvgIpc) is 2.17. The van der Waals surface area contributed by atoms with Crippen LogP contribution in [0.15, 0.2) is 0 Å². The normalized spacial score (nSPS) is 12.4. The number of ketones is 1. The van der Waals surface area contributed by atoms with Crippen LogP contribution in [0.1, 0.15) is 54.4 Å². The van der Waals surface area contributed by atoms with Gasteiger partial charge in [0.05, 0.1) is 10.8 Å². The van der Waals surface area contributed by atoms with Gasteiger partial charge in [0.2, 0.25) is 0 Å². The van der Waals surface area contributed by atoms with Gasteiger partial charge in [0.15, 0.2) is 0 Å². The molecule has 16 heavy (non-hydrogen) atoms. The quantitative estimate of drug-likeness (QED) is 0.679. The van der Waals surface area contributed by atoms with Crippen molar-refractivity contribution in [3.63, 3.8) is 0 Å². The van der Waals surface area contributed by atoms with Crippen LogP contribution in [0.3, 0.4) is 0 Å². The van der Waals surface area contributed by atoms with Crippen LogP contribution >= 0.6 is 0 Å². The van der Waals surface area contributed by atoms with Crippen LogP contribution < -0.4 is 0 Å². The Hall–Kier alpha value is -0.860. The molecule has 0 atom stereocenters. The highest BCUT2D eigenvalue weighted by Gasteiger charge is 2.34. The second kappa shape index (κ2) is 5.46. The Morgan fingerprint density at radius 2 is 1.50 bits per heavy atom. The van der Waals surface area contributed by atoms with Gasteiger partial charge in [-0.1, -0.05) is 13.8 Å². The highest BCUT2D eigenvalue weighted by molar-refractivity contribution is 5.83. The maximum atomic E-state index is 11.6. The molecule has 0 saturated heterocycles. The fourth-order valence-electron chi connectivity index (χ4n) is 1.47. The molecule has 3 nitrogen and oxygen atoms in total. The van der Waals surface area contributed by atoms with Crippen molar-refractivity contribution >= 4 is 11.8 Å². The zero-order valence-corrected chi connectivity index (χ0v) is 11.3. The molecule has 94 valence electrons. The summed E-state index contributed by atoms with van der Waals surface area (Å²) in [7, 11) is 0. The van der Waals surface area contributed by atoms with Crippen molar-refractivity contribution < 1.29 is 14.3 Å². The summed E-state index contributed by atoms with van der Waals surface area (Å²) < 4.78 is 5.26. The third kappa shape index (κ3) is 3.62. The van der Waals surface area contributed by atoms with E-state index in [1.807, 2.05) is 34.6 Å². The summed E-state index contributed by atoms with van der Waals surface area (Å²) in [4.78, 5) is 23.2. The van der Waals surface area contributed by atoms with Gasteiger partial charge in [0, 0.05) is 0 Å². The van der Waals surface area contributed by atoms with E-state index in [-0.39, 0.29) is 18.4 Å². The summed E-state index contributed by atoms with van der Waals surface area (Å²) in [5.74, 6) is -0.153. The lowest BCUT2D eigenvalue weighted by molar-refractivity contribution is -0.158. The fourth-order valence-corrected chi connectivity index (χ4v) is 1.47. The standard InChI is InChI=1S/C13H24O3/c1-7-13(8-2,10(3)14)9-16-11(15)12(4,5)6/h7-9H2,1-6H3. The summed E-state index contributed by atoms with van der Waals surface area (Å²) in [5.41, 5.74) is -1.01. The molecule has 0 fully saturated rings. The van der Waals surface area contributed by atoms with E-state index < -0.39 is 10.8 Å². The molecule has 0 aromatic carbocycles. The Labute approximate surface area is 98.6 Å². The predicted octanol–water partition coefficient (Wildman–Crippen LogP) is 2.97. The van der Waals surface area contributed by atoms with E-state index >= 15 is 0 Å². The minimum Gasteiger partial charge on any atom is -0.464 e. The zero-order valence-electron chi connectivity index (χ0n) is 11.3. The molecule has 0 aliphatic carbocycles. The molecule has 0 spiro atoms. The Morgan fingerprint density at radius 1 is 1.06 bits per heavy atom. The van der Waals surface area contributed by atoms with Crippen molar-refractivity contribution in [1.29, 1.82) is 0 Å². The van der Waals surface area contributed by atoms with E-state index in [0.717, 1.165) is 0 Å². The van der Waals surface area contributed by atoms with Gasteiger partial charge in [-0.2, -0.15) is 0 Å². The van der Waals surface area contributed by atoms with Crippen LogP contribution in [0, 0.1) is 10.8 Å². The first kappa shape index (κ1) is 15.1. The summed E-state index contributed by atoms with van der Waals surface area (Å²) in [6.45, 7) is 11.1. The molecule has 3 heteroatoms. The topological polar surface area (TPSA) is 43.4 Å². The molecule has 0 aliphatic rings. The maximum Gasteiger partial charge on any atom is 0.311 e. The summed E-state index contributed by atoms with van der Waals surface area (Å²) in [6.07, 6.45) is 1.41. The molecule has 0 heterocycles. The first-order valence-corrected chi connectivity index (χ1v) is 5.88. The molecular formula is C13H24O3. The fraction of sp³-hybridized carbons (Fsp3) is 0.846. The smallest absolute Gasteiger partial charge is 0.311 e. The van der Waals surface area contributed by atoms with Crippen molar-refractivity contribution in [1.82, 2.24) is 0 Å². The number of rotatable bonds is 5. The van der Waals surface area contributed by atoms with Crippen LogP contribution in [0.4, 0.5) is 0 Å². The van der Waals surface area contributed by atoms with E-state index in [1.54, 1.807) is 6.92 Å². The molecule has 0 radical (unpaired) electrons. The van der Waals surface area contributed by atoms with E-state index in [0.29, 0.717) is 12.8 Å². The van der Waals surface area contributed by atoms with Gasteiger partial charge in [0.1, 0.15) is 12.4 Å². The molecular weight excluding hydrogens is 204 g/mol. The van der Waals surface area contributed by atoms with Crippen molar-refractivity contribution in [2.24, 2.45) is 10.8 Å². The van der Waals surface area contributed by atoms with Crippen LogP contribution in [-0.2, 0) is 14.3 Å². The lowest BCUT2D eigenvalue weighted by Gasteiger charge is -2.29. The van der Waals surface area contributed by atoms with E-state index in [4.69, 9.17) is 4.74 Å². The van der Waals surface area contributed by atoms with Gasteiger partial charge in [-0.05, 0) is 40.5 Å². The predicted molar refractivity (Wildman–Crippen MR) is 64.1 cm³/mol. The molecule has 0 N–H and O–H groups in total. The Balaban J connectivity index is 4.57. The first-order valence-electron chi connectivity index (χ1n) is 5.88. The Bertz CT molecular complexity index is 257. The summed E-state index contributed by atoms with van der Waals surface area (Å²) >= 11 is 0. The minimum absolute atomic E-state index is 0.0965. The molecule has 0 unspecified atom stereocenters. The average molecular weight is 228 g/mol. The van der Waals surface area contributed by atoms with Crippen molar-refractivity contribution in [3.8, 4) is 0 Å². The van der Waals surface area contributed by atoms with E-state index in [2.05, 4.69) is 0 Å². The van der Waals surface area contributed by atoms with Crippen molar-refractivity contribution in [2.45, 2.75) is 54.4 Å². The SMILES string of the molecule is CCC(CC)(COC(=O)C(C)(C)C)C(C)=O. The molecule has 0 amide bonds. The largest absolute Gasteiger partial charge is 0.464 e. The third-order valence-electron chi connectivity index (χ3n) is 3.19. The first-order chi connectivity index (χ1) is 7.19. The second-order valence-corrected chi connectivity index (χ2v) is 5.37. The van der Waals surface area contributed by atoms with Crippen LogP contribution in [-0.4, -0.2) is 18.4 Å². The van der Waals surface area contributed by atoms with Crippen LogP contribution in [0.5, 0.6) is 0 Å². The van der Waals surface area contributed by atoms with Gasteiger partial charge in [0.25, 0.3) is 0 Å². The van der Waals surface area contributed by atoms with Crippen molar-refractivity contribution in [2.75, 3.05) is 6.61 Å². The number of hydrogen-bond acceptors (Lipinski definition) is 3. The van der Waals surface area contributed by atoms with Crippen LogP contribution in [0.25, 0.3) is 0 Å². The van der Waals surface area contributed by atoms with Gasteiger partial charge in [-0.3, -0.25) is 9.59 Å². The number of hydrogen-bond donors (Lipinski definition) is 0. The summed E-state index contributed by atoms with van der Waals surface area (Å²) in [5, 5.41) is 0. The number of esters is 1. The monoisotopic (exact) mass is 228 g/mol. The molecule has 0 aromatic heterocycles. The van der Waals surface area contributed by atoms with E-state index in [9.17, 15) is 9.59 Å². The molecule has 0 aliphatic heterocycles. The van der Waals surface area contributed by atoms with Gasteiger partial charge in [-0.25, -0.2) is 0 Å². The van der Waals surface area contributed by atoms with Gasteiger partial charge < -0.3 is 4.74 Å². The Morgan fingerprint density at radius 3 is 1.75 bits per heavy atom. The highest BCUT2D eigenvalue weighted by Crippen LogP contribution is 2.29. The molecule has 0 bridgehead atoms. The van der Waals surface area contributed by atoms with Gasteiger partial charge in [-0.15, -0.1) is 0 Å². The molecule has 0 aromatic rings. The van der Waals surface area contributed by atoms with Crippen molar-refractivity contribution in [3.05, 3.63) is 0 Å². The zero-order chi connectivity index (χ0) is 13.0. The second-order valence-electron chi connectivity index (χ2n) is 5.37. The number of ether oxygens (including phenoxy) is 1. The summed E-state index contributed by atoms with van der Waals surface area (Å²) in [6, 6.07) is 0. The number of carbonyl (C=O) groups is 2. The number of carbonyl (C=O) groups excluding carboxylic acids is 2. The maximum absolute atomic E-state index is 11.6. The highest BCUT2D eigenvalue weighted by atomic mass is 16.5. The third-order valence-corrected chi connectivity index (χ3v) is 3.19. The lowest BCUT2D eigenvalue weighted by atomic mass is 9.79. The van der Waals surface area contributed by atoms with Crippen LogP contribution in [0.2, 0.25) is 0 Å². The van der Waals surface area contributed by atoms with E-state index in [1.165, 1.54) is 0 Å². The molecule has 0 rings (SSSR count). The Kier molecular flexibility index (Phi) is 5.17. The van der Waals surface area contributed by atoms with Gasteiger partial charge >= 0.3 is 5.97 Å².